The summed E-state index contributed by atoms with van der Waals surface area (Å²) in [5.74, 6) is 11.6. The van der Waals surface area contributed by atoms with E-state index in [-0.39, 0.29) is 5.91 Å². The van der Waals surface area contributed by atoms with Crippen molar-refractivity contribution in [2.24, 2.45) is 5.73 Å². The quantitative estimate of drug-likeness (QED) is 0.561. The first-order chi connectivity index (χ1) is 12.6. The van der Waals surface area contributed by atoms with Crippen LogP contribution in [0.15, 0.2) is 54.6 Å². The molecule has 2 aromatic rings. The van der Waals surface area contributed by atoms with Gasteiger partial charge in [0.2, 0.25) is 0 Å². The van der Waals surface area contributed by atoms with Crippen molar-refractivity contribution in [3.8, 4) is 23.7 Å². The summed E-state index contributed by atoms with van der Waals surface area (Å²) in [7, 11) is 0. The molecule has 0 aromatic heterocycles. The molecule has 2 unspecified atom stereocenters. The van der Waals surface area contributed by atoms with Gasteiger partial charge in [-0.25, -0.2) is 0 Å². The van der Waals surface area contributed by atoms with Crippen molar-refractivity contribution >= 4 is 17.7 Å². The van der Waals surface area contributed by atoms with E-state index >= 15 is 0 Å². The summed E-state index contributed by atoms with van der Waals surface area (Å²) >= 11 is 1.28. The summed E-state index contributed by atoms with van der Waals surface area (Å²) in [5, 5.41) is 12.0. The maximum Gasteiger partial charge on any atom is 0.252 e. The van der Waals surface area contributed by atoms with Crippen LogP contribution in [0.5, 0.6) is 0 Å². The number of rotatable bonds is 5. The van der Waals surface area contributed by atoms with Crippen molar-refractivity contribution < 1.29 is 9.90 Å². The van der Waals surface area contributed by atoms with Crippen molar-refractivity contribution in [2.75, 3.05) is 5.88 Å². The molecule has 2 atom stereocenters. The average Bonchev–Trinajstić information content (AvgIpc) is 2.66. The van der Waals surface area contributed by atoms with Crippen molar-refractivity contribution in [1.82, 2.24) is 5.32 Å². The number of hydrogen-bond acceptors (Lipinski definition) is 4. The molecule has 0 saturated carbocycles. The van der Waals surface area contributed by atoms with Gasteiger partial charge in [0.1, 0.15) is 5.37 Å². The van der Waals surface area contributed by atoms with Crippen LogP contribution < -0.4 is 11.1 Å². The van der Waals surface area contributed by atoms with Crippen LogP contribution in [0.3, 0.4) is 0 Å². The highest BCUT2D eigenvalue weighted by molar-refractivity contribution is 7.99. The maximum atomic E-state index is 12.2. The Morgan fingerprint density at radius 1 is 1.08 bits per heavy atom. The Kier molecular flexibility index (Phi) is 7.79. The average molecular weight is 364 g/mol. The van der Waals surface area contributed by atoms with E-state index in [9.17, 15) is 9.90 Å². The number of amides is 1. The molecule has 0 saturated heterocycles. The molecule has 0 spiro atoms. The van der Waals surface area contributed by atoms with Crippen molar-refractivity contribution in [3.05, 3.63) is 71.3 Å². The number of carbonyl (C=O) groups excluding carboxylic acids is 1. The van der Waals surface area contributed by atoms with Gasteiger partial charge in [-0.15, -0.1) is 11.8 Å². The SMILES string of the molecule is CC(O)C(NC(=O)c1ccc(C#CC#Cc2ccccc2)cc1)SCN. The molecule has 0 fully saturated rings. The normalized spacial score (nSPS) is 12.0. The molecule has 0 radical (unpaired) electrons. The molecular weight excluding hydrogens is 344 g/mol. The molecule has 26 heavy (non-hydrogen) atoms. The van der Waals surface area contributed by atoms with E-state index in [1.807, 2.05) is 30.3 Å². The zero-order valence-electron chi connectivity index (χ0n) is 14.4. The van der Waals surface area contributed by atoms with Crippen LogP contribution in [0.1, 0.15) is 28.4 Å². The fourth-order valence-corrected chi connectivity index (χ4v) is 2.73. The number of thioether (sulfide) groups is 1. The molecule has 5 heteroatoms. The van der Waals surface area contributed by atoms with Crippen LogP contribution in [0.25, 0.3) is 0 Å². The van der Waals surface area contributed by atoms with Gasteiger partial charge in [0.15, 0.2) is 0 Å². The topological polar surface area (TPSA) is 75.3 Å². The summed E-state index contributed by atoms with van der Waals surface area (Å²) in [6, 6.07) is 16.5. The van der Waals surface area contributed by atoms with Gasteiger partial charge in [-0.05, 0) is 55.2 Å². The standard InChI is InChI=1S/C21H20N2O2S/c1-16(24)21(26-15-22)23-20(25)19-13-11-18(12-14-19)10-6-5-9-17-7-3-2-4-8-17/h2-4,7-8,11-14,16,21,24H,15,22H2,1H3,(H,23,25). The number of aliphatic hydroxyl groups excluding tert-OH is 1. The second kappa shape index (κ2) is 10.3. The maximum absolute atomic E-state index is 12.2. The van der Waals surface area contributed by atoms with Gasteiger partial charge < -0.3 is 16.2 Å². The molecule has 0 aliphatic carbocycles. The lowest BCUT2D eigenvalue weighted by Crippen LogP contribution is -2.40. The highest BCUT2D eigenvalue weighted by Gasteiger charge is 2.18. The Balaban J connectivity index is 1.99. The number of hydrogen-bond donors (Lipinski definition) is 3. The van der Waals surface area contributed by atoms with Gasteiger partial charge in [0, 0.05) is 22.6 Å². The fraction of sp³-hybridized carbons (Fsp3) is 0.190. The van der Waals surface area contributed by atoms with E-state index in [1.165, 1.54) is 11.8 Å². The third kappa shape index (κ3) is 6.31. The monoisotopic (exact) mass is 364 g/mol. The number of nitrogens with one attached hydrogen (secondary N) is 1. The van der Waals surface area contributed by atoms with Crippen LogP contribution in [0.4, 0.5) is 0 Å². The molecule has 2 rings (SSSR count). The van der Waals surface area contributed by atoms with Gasteiger partial charge in [0.25, 0.3) is 5.91 Å². The third-order valence-corrected chi connectivity index (χ3v) is 4.45. The minimum atomic E-state index is -0.694. The fourth-order valence-electron chi connectivity index (χ4n) is 2.05. The molecule has 4 nitrogen and oxygen atoms in total. The lowest BCUT2D eigenvalue weighted by molar-refractivity contribution is 0.0910. The zero-order valence-corrected chi connectivity index (χ0v) is 15.2. The summed E-state index contributed by atoms with van der Waals surface area (Å²) in [6.45, 7) is 1.61. The molecular formula is C21H20N2O2S. The Morgan fingerprint density at radius 2 is 1.65 bits per heavy atom. The van der Waals surface area contributed by atoms with Crippen LogP contribution in [-0.4, -0.2) is 28.4 Å². The first kappa shape index (κ1) is 19.6. The first-order valence-corrected chi connectivity index (χ1v) is 9.13. The molecule has 0 heterocycles. The summed E-state index contributed by atoms with van der Waals surface area (Å²) in [4.78, 5) is 12.2. The molecule has 0 aliphatic heterocycles. The molecule has 1 amide bonds. The predicted octanol–water partition coefficient (Wildman–Crippen LogP) is 2.18. The Bertz CT molecular complexity index is 841. The largest absolute Gasteiger partial charge is 0.390 e. The van der Waals surface area contributed by atoms with Crippen LogP contribution >= 0.6 is 11.8 Å². The summed E-state index contributed by atoms with van der Waals surface area (Å²) in [6.07, 6.45) is -0.694. The van der Waals surface area contributed by atoms with Crippen LogP contribution in [-0.2, 0) is 0 Å². The van der Waals surface area contributed by atoms with E-state index in [0.717, 1.165) is 11.1 Å². The van der Waals surface area contributed by atoms with Crippen molar-refractivity contribution in [3.63, 3.8) is 0 Å². The van der Waals surface area contributed by atoms with Gasteiger partial charge in [0.05, 0.1) is 6.10 Å². The molecule has 0 bridgehead atoms. The second-order valence-corrected chi connectivity index (χ2v) is 6.59. The van der Waals surface area contributed by atoms with Gasteiger partial charge in [-0.1, -0.05) is 30.0 Å². The van der Waals surface area contributed by atoms with Crippen molar-refractivity contribution in [2.45, 2.75) is 18.4 Å². The molecule has 4 N–H and O–H groups in total. The van der Waals surface area contributed by atoms with E-state index in [0.29, 0.717) is 11.4 Å². The number of aliphatic hydroxyl groups is 1. The Labute approximate surface area is 158 Å². The first-order valence-electron chi connectivity index (χ1n) is 8.08. The van der Waals surface area contributed by atoms with Crippen LogP contribution in [0.2, 0.25) is 0 Å². The summed E-state index contributed by atoms with van der Waals surface area (Å²) in [5.41, 5.74) is 7.65. The predicted molar refractivity (Wildman–Crippen MR) is 106 cm³/mol. The summed E-state index contributed by atoms with van der Waals surface area (Å²) < 4.78 is 0. The molecule has 132 valence electrons. The van der Waals surface area contributed by atoms with Crippen molar-refractivity contribution in [1.29, 1.82) is 0 Å². The highest BCUT2D eigenvalue weighted by Crippen LogP contribution is 2.11. The Hall–Kier alpha value is -2.70. The lowest BCUT2D eigenvalue weighted by Gasteiger charge is -2.20. The minimum absolute atomic E-state index is 0.264. The van der Waals surface area contributed by atoms with E-state index in [2.05, 4.69) is 29.0 Å². The smallest absolute Gasteiger partial charge is 0.252 e. The van der Waals surface area contributed by atoms with E-state index < -0.39 is 11.5 Å². The van der Waals surface area contributed by atoms with Gasteiger partial charge in [-0.2, -0.15) is 0 Å². The lowest BCUT2D eigenvalue weighted by atomic mass is 10.1. The van der Waals surface area contributed by atoms with E-state index in [4.69, 9.17) is 5.73 Å². The highest BCUT2D eigenvalue weighted by atomic mass is 32.2. The third-order valence-electron chi connectivity index (χ3n) is 3.38. The van der Waals surface area contributed by atoms with E-state index in [1.54, 1.807) is 31.2 Å². The van der Waals surface area contributed by atoms with Crippen LogP contribution in [0, 0.1) is 23.7 Å². The molecule has 0 aliphatic rings. The number of nitrogens with two attached hydrogens (primary N) is 1. The minimum Gasteiger partial charge on any atom is -0.390 e. The number of benzene rings is 2. The number of carbonyl (C=O) groups is 1. The Morgan fingerprint density at radius 3 is 2.19 bits per heavy atom. The zero-order chi connectivity index (χ0) is 18.8. The van der Waals surface area contributed by atoms with Gasteiger partial charge >= 0.3 is 0 Å². The van der Waals surface area contributed by atoms with Gasteiger partial charge in [-0.3, -0.25) is 4.79 Å². The molecule has 2 aromatic carbocycles. The second-order valence-electron chi connectivity index (χ2n) is 5.41.